The Hall–Kier alpha value is -1.72. The molecule has 4 nitrogen and oxygen atoms in total. The largest absolute Gasteiger partial charge is 0.505 e. The zero-order chi connectivity index (χ0) is 15.1. The Bertz CT molecular complexity index is 649. The summed E-state index contributed by atoms with van der Waals surface area (Å²) in [5.74, 6) is -0.471. The van der Waals surface area contributed by atoms with Crippen molar-refractivity contribution in [3.05, 3.63) is 35.7 Å². The van der Waals surface area contributed by atoms with Crippen LogP contribution >= 0.6 is 0 Å². The van der Waals surface area contributed by atoms with Crippen LogP contribution in [0.4, 0.5) is 4.39 Å². The number of benzene rings is 1. The Morgan fingerprint density at radius 1 is 1.36 bits per heavy atom. The Morgan fingerprint density at radius 2 is 2.27 bits per heavy atom. The predicted octanol–water partition coefficient (Wildman–Crippen LogP) is 1.71. The quantitative estimate of drug-likeness (QED) is 0.796. The molecule has 116 valence electrons. The molecule has 4 rings (SSSR count). The highest BCUT2D eigenvalue weighted by atomic mass is 19.1. The van der Waals surface area contributed by atoms with Crippen molar-refractivity contribution in [2.75, 3.05) is 19.6 Å². The summed E-state index contributed by atoms with van der Waals surface area (Å²) < 4.78 is 13.6. The fourth-order valence-corrected chi connectivity index (χ4v) is 3.59. The van der Waals surface area contributed by atoms with E-state index in [1.165, 1.54) is 17.8 Å². The lowest BCUT2D eigenvalue weighted by molar-refractivity contribution is 0.432. The maximum absolute atomic E-state index is 13.6. The SMILES string of the molecule is Oc1ccc(C2=CC3CN=C3C(NC3CCNC3)C2)cc1F. The number of rotatable bonds is 3. The first kappa shape index (κ1) is 13.9. The van der Waals surface area contributed by atoms with E-state index >= 15 is 0 Å². The Morgan fingerprint density at radius 3 is 2.95 bits per heavy atom. The molecule has 0 amide bonds. The summed E-state index contributed by atoms with van der Waals surface area (Å²) in [6.07, 6.45) is 4.18. The number of nitrogens with one attached hydrogen (secondary N) is 2. The second-order valence-corrected chi connectivity index (χ2v) is 6.34. The highest BCUT2D eigenvalue weighted by Crippen LogP contribution is 2.34. The van der Waals surface area contributed by atoms with Crippen molar-refractivity contribution in [3.8, 4) is 5.75 Å². The first-order chi connectivity index (χ1) is 10.7. The molecule has 0 aromatic heterocycles. The van der Waals surface area contributed by atoms with Crippen LogP contribution in [0.3, 0.4) is 0 Å². The van der Waals surface area contributed by atoms with Crippen LogP contribution in [-0.4, -0.2) is 42.5 Å². The third-order valence-corrected chi connectivity index (χ3v) is 4.85. The van der Waals surface area contributed by atoms with Gasteiger partial charge in [0.15, 0.2) is 11.6 Å². The van der Waals surface area contributed by atoms with Gasteiger partial charge in [0.2, 0.25) is 0 Å². The van der Waals surface area contributed by atoms with E-state index in [1.54, 1.807) is 6.07 Å². The van der Waals surface area contributed by atoms with E-state index in [-0.39, 0.29) is 11.8 Å². The van der Waals surface area contributed by atoms with Crippen molar-refractivity contribution >= 4 is 11.3 Å². The summed E-state index contributed by atoms with van der Waals surface area (Å²) in [6.45, 7) is 2.90. The van der Waals surface area contributed by atoms with Crippen LogP contribution in [0.15, 0.2) is 29.3 Å². The number of phenolic OH excluding ortho intramolecular Hbond substituents is 1. The molecule has 2 aliphatic heterocycles. The lowest BCUT2D eigenvalue weighted by Gasteiger charge is -2.37. The standard InChI is InChI=1S/C17H20FN3O/c18-14-6-10(1-2-16(14)22)11-5-12-8-20-17(12)15(7-11)21-13-3-4-19-9-13/h1-2,5-6,12-13,15,19,21-22H,3-4,7-9H2. The van der Waals surface area contributed by atoms with Crippen LogP contribution in [0.25, 0.3) is 5.57 Å². The highest BCUT2D eigenvalue weighted by Gasteiger charge is 2.35. The van der Waals surface area contributed by atoms with Gasteiger partial charge in [0.05, 0.1) is 12.6 Å². The summed E-state index contributed by atoms with van der Waals surface area (Å²) in [5, 5.41) is 16.4. The first-order valence-corrected chi connectivity index (χ1v) is 7.91. The number of nitrogens with zero attached hydrogens (tertiary/aromatic N) is 1. The van der Waals surface area contributed by atoms with E-state index in [2.05, 4.69) is 21.7 Å². The minimum Gasteiger partial charge on any atom is -0.505 e. The molecule has 22 heavy (non-hydrogen) atoms. The van der Waals surface area contributed by atoms with E-state index in [0.29, 0.717) is 12.0 Å². The van der Waals surface area contributed by atoms with Crippen LogP contribution in [-0.2, 0) is 0 Å². The number of aromatic hydroxyl groups is 1. The maximum atomic E-state index is 13.6. The molecule has 3 N–H and O–H groups in total. The zero-order valence-corrected chi connectivity index (χ0v) is 12.3. The van der Waals surface area contributed by atoms with Gasteiger partial charge in [-0.2, -0.15) is 0 Å². The van der Waals surface area contributed by atoms with Gasteiger partial charge < -0.3 is 15.7 Å². The van der Waals surface area contributed by atoms with Crippen LogP contribution < -0.4 is 10.6 Å². The topological polar surface area (TPSA) is 56.7 Å². The van der Waals surface area contributed by atoms with Crippen molar-refractivity contribution in [1.29, 1.82) is 0 Å². The number of phenols is 1. The van der Waals surface area contributed by atoms with Gasteiger partial charge in [-0.3, -0.25) is 4.99 Å². The van der Waals surface area contributed by atoms with Gasteiger partial charge in [0.25, 0.3) is 0 Å². The van der Waals surface area contributed by atoms with Gasteiger partial charge in [-0.15, -0.1) is 0 Å². The van der Waals surface area contributed by atoms with Gasteiger partial charge >= 0.3 is 0 Å². The molecule has 1 aliphatic carbocycles. The fraction of sp³-hybridized carbons (Fsp3) is 0.471. The molecular weight excluding hydrogens is 281 g/mol. The minimum absolute atomic E-state index is 0.250. The highest BCUT2D eigenvalue weighted by molar-refractivity contribution is 6.01. The van der Waals surface area contributed by atoms with Gasteiger partial charge in [-0.1, -0.05) is 12.1 Å². The van der Waals surface area contributed by atoms with Crippen LogP contribution in [0.2, 0.25) is 0 Å². The molecule has 0 bridgehead atoms. The van der Waals surface area contributed by atoms with Crippen molar-refractivity contribution in [1.82, 2.24) is 10.6 Å². The molecule has 0 saturated carbocycles. The van der Waals surface area contributed by atoms with Crippen molar-refractivity contribution in [2.24, 2.45) is 10.9 Å². The molecule has 0 radical (unpaired) electrons. The molecule has 1 saturated heterocycles. The van der Waals surface area contributed by atoms with Gasteiger partial charge in [0, 0.05) is 24.2 Å². The third kappa shape index (κ3) is 2.44. The van der Waals surface area contributed by atoms with E-state index in [0.717, 1.165) is 43.6 Å². The second kappa shape index (κ2) is 5.48. The molecular formula is C17H20FN3O. The van der Waals surface area contributed by atoms with E-state index in [4.69, 9.17) is 0 Å². The van der Waals surface area contributed by atoms with Crippen molar-refractivity contribution in [2.45, 2.75) is 24.9 Å². The van der Waals surface area contributed by atoms with E-state index < -0.39 is 5.82 Å². The first-order valence-electron chi connectivity index (χ1n) is 7.91. The number of aliphatic imine (C=N–C) groups is 1. The molecule has 1 fully saturated rings. The Balaban J connectivity index is 1.57. The smallest absolute Gasteiger partial charge is 0.165 e. The Labute approximate surface area is 129 Å². The summed E-state index contributed by atoms with van der Waals surface area (Å²) in [7, 11) is 0. The second-order valence-electron chi connectivity index (χ2n) is 6.34. The lowest BCUT2D eigenvalue weighted by atomic mass is 9.79. The van der Waals surface area contributed by atoms with Crippen LogP contribution in [0.1, 0.15) is 18.4 Å². The number of halogens is 1. The summed E-state index contributed by atoms with van der Waals surface area (Å²) >= 11 is 0. The van der Waals surface area contributed by atoms with Gasteiger partial charge in [-0.05, 0) is 42.7 Å². The van der Waals surface area contributed by atoms with Gasteiger partial charge in [0.1, 0.15) is 0 Å². The normalized spacial score (nSPS) is 30.3. The van der Waals surface area contributed by atoms with Gasteiger partial charge in [-0.25, -0.2) is 4.39 Å². The van der Waals surface area contributed by atoms with Crippen molar-refractivity contribution < 1.29 is 9.50 Å². The van der Waals surface area contributed by atoms with E-state index in [9.17, 15) is 9.50 Å². The molecule has 5 heteroatoms. The summed E-state index contributed by atoms with van der Waals surface area (Å²) in [6, 6.07) is 5.39. The van der Waals surface area contributed by atoms with Crippen LogP contribution in [0.5, 0.6) is 5.75 Å². The number of fused-ring (bicyclic) bond motifs is 1. The minimum atomic E-state index is -0.559. The third-order valence-electron chi connectivity index (χ3n) is 4.85. The monoisotopic (exact) mass is 301 g/mol. The average Bonchev–Trinajstić information content (AvgIpc) is 2.97. The van der Waals surface area contributed by atoms with Crippen LogP contribution in [0, 0.1) is 11.7 Å². The number of hydrogen-bond acceptors (Lipinski definition) is 4. The molecule has 3 atom stereocenters. The molecule has 1 aromatic rings. The molecule has 3 aliphatic rings. The van der Waals surface area contributed by atoms with Crippen molar-refractivity contribution in [3.63, 3.8) is 0 Å². The summed E-state index contributed by atoms with van der Waals surface area (Å²) in [5.41, 5.74) is 3.25. The van der Waals surface area contributed by atoms with E-state index in [1.807, 2.05) is 0 Å². The maximum Gasteiger partial charge on any atom is 0.165 e. The zero-order valence-electron chi connectivity index (χ0n) is 12.3. The number of hydrogen-bond donors (Lipinski definition) is 3. The molecule has 2 heterocycles. The molecule has 1 aromatic carbocycles. The predicted molar refractivity (Wildman–Crippen MR) is 84.6 cm³/mol. The summed E-state index contributed by atoms with van der Waals surface area (Å²) in [4.78, 5) is 4.55. The lowest BCUT2D eigenvalue weighted by Crippen LogP contribution is -2.51. The molecule has 3 unspecified atom stereocenters. The average molecular weight is 301 g/mol. The molecule has 0 spiro atoms. The fourth-order valence-electron chi connectivity index (χ4n) is 3.59. The Kier molecular flexibility index (Phi) is 3.47.